The predicted molar refractivity (Wildman–Crippen MR) is 273 cm³/mol. The van der Waals surface area contributed by atoms with Crippen molar-refractivity contribution in [1.82, 2.24) is 0 Å². The maximum absolute atomic E-state index is 11.1. The van der Waals surface area contributed by atoms with Crippen molar-refractivity contribution in [3.63, 3.8) is 0 Å². The molecule has 0 aromatic rings. The minimum absolute atomic E-state index is 0.00862. The summed E-state index contributed by atoms with van der Waals surface area (Å²) in [6.45, 7) is 38.3. The molecule has 14 heteroatoms. The molecule has 63 heavy (non-hydrogen) atoms. The van der Waals surface area contributed by atoms with Crippen LogP contribution in [0.5, 0.6) is 0 Å². The fourth-order valence-corrected chi connectivity index (χ4v) is 10.2. The molecule has 0 saturated carbocycles. The third-order valence-corrected chi connectivity index (χ3v) is 22.0. The molecule has 370 valence electrons. The molecular weight excluding hydrogens is 861 g/mol. The molecular formula is C49H98O10Si4. The second-order valence-corrected chi connectivity index (χ2v) is 44.7. The second kappa shape index (κ2) is 29.5. The molecule has 0 aromatic heterocycles. The van der Waals surface area contributed by atoms with Crippen LogP contribution in [0.1, 0.15) is 85.5 Å². The Morgan fingerprint density at radius 1 is 0.587 bits per heavy atom. The number of aliphatic hydroxyl groups is 1. The second-order valence-electron chi connectivity index (χ2n) is 23.1. The van der Waals surface area contributed by atoms with Crippen LogP contribution in [0.3, 0.4) is 0 Å². The number of hydrogen-bond donors (Lipinski definition) is 1. The van der Waals surface area contributed by atoms with E-state index >= 15 is 0 Å². The molecule has 2 saturated heterocycles. The van der Waals surface area contributed by atoms with Gasteiger partial charge in [0.1, 0.15) is 38.7 Å². The lowest BCUT2D eigenvalue weighted by atomic mass is 10.0. The SMILES string of the molecule is CC/C=C/[C@H](OCOCC[Si](C)(C)C)[C@H](O)CC/C=C/[C@@H](OCOCC[Si](C)(C)C)[C@H]1CC[C@H]([C@H]2CC[C@H]([C@@H](/C=C/CCCO[Si](C)(C)C(C)(C)C)OCOCC[Si](C)(C)C)O2)O1. The van der Waals surface area contributed by atoms with Crippen LogP contribution < -0.4 is 0 Å². The smallest absolute Gasteiger partial charge is 0.191 e. The van der Waals surface area contributed by atoms with Gasteiger partial charge in [0.2, 0.25) is 0 Å². The van der Waals surface area contributed by atoms with Crippen molar-refractivity contribution in [3.8, 4) is 0 Å². The summed E-state index contributed by atoms with van der Waals surface area (Å²) in [5.74, 6) is 0. The molecule has 0 spiro atoms. The van der Waals surface area contributed by atoms with E-state index in [2.05, 4.69) is 124 Å². The average molecular weight is 960 g/mol. The fraction of sp³-hybridized carbons (Fsp3) is 0.878. The first-order chi connectivity index (χ1) is 29.4. The van der Waals surface area contributed by atoms with E-state index in [9.17, 15) is 5.11 Å². The third-order valence-electron chi connectivity index (χ3n) is 12.3. The summed E-state index contributed by atoms with van der Waals surface area (Å²) in [4.78, 5) is 0. The first-order valence-electron chi connectivity index (χ1n) is 24.6. The Kier molecular flexibility index (Phi) is 27.6. The van der Waals surface area contributed by atoms with Gasteiger partial charge in [0.05, 0.1) is 30.5 Å². The quantitative estimate of drug-likeness (QED) is 0.0290. The van der Waals surface area contributed by atoms with Crippen LogP contribution >= 0.6 is 0 Å². The predicted octanol–water partition coefficient (Wildman–Crippen LogP) is 12.2. The van der Waals surface area contributed by atoms with Crippen LogP contribution in [0.2, 0.25) is 95.2 Å². The standard InChI is InChI=1S/C49H98O10Si4/c1-16-17-24-42(54-38-51-32-35-60(5,6)7)41(50)23-20-21-26-44(56-40-53-34-37-62(11,12)13)46-28-30-48(59-46)47-29-27-45(58-47)43(55-39-52-33-36-61(8,9)10)25-19-18-22-31-57-63(14,15)49(2,3)4/h17,19,21,24-26,41-48,50H,16,18,20,22-23,27-40H2,1-15H3/b24-17+,25-19+,26-21+/t41-,42+,43-,44-,45-,46-,47-,48-/m1/s1. The van der Waals surface area contributed by atoms with Gasteiger partial charge in [0.25, 0.3) is 0 Å². The molecule has 2 aliphatic heterocycles. The molecule has 1 N–H and O–H groups in total. The molecule has 2 aliphatic rings. The highest BCUT2D eigenvalue weighted by Crippen LogP contribution is 2.37. The van der Waals surface area contributed by atoms with Crippen LogP contribution in [0.25, 0.3) is 0 Å². The molecule has 0 bridgehead atoms. The molecule has 2 heterocycles. The van der Waals surface area contributed by atoms with Crippen molar-refractivity contribution in [2.75, 3.05) is 46.8 Å². The number of rotatable bonds is 34. The minimum atomic E-state index is -1.76. The molecule has 0 radical (unpaired) electrons. The van der Waals surface area contributed by atoms with Crippen LogP contribution in [-0.2, 0) is 42.3 Å². The van der Waals surface area contributed by atoms with E-state index in [1.54, 1.807) is 0 Å². The molecule has 0 aliphatic carbocycles. The van der Waals surface area contributed by atoms with Crippen LogP contribution in [0.4, 0.5) is 0 Å². The zero-order valence-corrected chi connectivity index (χ0v) is 47.1. The van der Waals surface area contributed by atoms with Gasteiger partial charge in [-0.3, -0.25) is 0 Å². The lowest BCUT2D eigenvalue weighted by Crippen LogP contribution is -2.40. The molecule has 10 nitrogen and oxygen atoms in total. The summed E-state index contributed by atoms with van der Waals surface area (Å²) in [5.41, 5.74) is 0. The van der Waals surface area contributed by atoms with Crippen molar-refractivity contribution in [2.24, 2.45) is 0 Å². The van der Waals surface area contributed by atoms with Gasteiger partial charge in [0.15, 0.2) is 8.32 Å². The third kappa shape index (κ3) is 26.7. The van der Waals surface area contributed by atoms with E-state index in [1.807, 2.05) is 12.2 Å². The van der Waals surface area contributed by atoms with E-state index in [0.717, 1.165) is 76.3 Å². The Labute approximate surface area is 391 Å². The normalized spacial score (nSPS) is 22.9. The summed E-state index contributed by atoms with van der Waals surface area (Å²) in [7, 11) is -5.34. The fourth-order valence-electron chi connectivity index (χ4n) is 6.88. The largest absolute Gasteiger partial charge is 0.417 e. The summed E-state index contributed by atoms with van der Waals surface area (Å²) in [6, 6.07) is 3.29. The van der Waals surface area contributed by atoms with Gasteiger partial charge in [-0.1, -0.05) is 123 Å². The zero-order valence-electron chi connectivity index (χ0n) is 43.1. The highest BCUT2D eigenvalue weighted by atomic mass is 28.4. The summed E-state index contributed by atoms with van der Waals surface area (Å²) < 4.78 is 56.5. The van der Waals surface area contributed by atoms with Crippen LogP contribution in [-0.4, -0.2) is 133 Å². The Balaban J connectivity index is 2.04. The summed E-state index contributed by atoms with van der Waals surface area (Å²) >= 11 is 0. The Morgan fingerprint density at radius 2 is 1.03 bits per heavy atom. The topological polar surface area (TPSA) is 103 Å². The maximum atomic E-state index is 11.1. The number of allylic oxidation sites excluding steroid dienone is 3. The van der Waals surface area contributed by atoms with Gasteiger partial charge < -0.3 is 47.4 Å². The molecule has 2 rings (SSSR count). The number of hydrogen-bond acceptors (Lipinski definition) is 10. The van der Waals surface area contributed by atoms with Gasteiger partial charge in [-0.2, -0.15) is 0 Å². The van der Waals surface area contributed by atoms with Crippen LogP contribution in [0.15, 0.2) is 36.5 Å². The zero-order chi connectivity index (χ0) is 47.2. The van der Waals surface area contributed by atoms with E-state index < -0.39 is 44.7 Å². The van der Waals surface area contributed by atoms with E-state index in [-0.39, 0.29) is 62.0 Å². The lowest BCUT2D eigenvalue weighted by molar-refractivity contribution is -0.146. The van der Waals surface area contributed by atoms with Crippen LogP contribution in [0, 0.1) is 0 Å². The van der Waals surface area contributed by atoms with Gasteiger partial charge >= 0.3 is 0 Å². The van der Waals surface area contributed by atoms with Crippen molar-refractivity contribution < 1.29 is 47.4 Å². The van der Waals surface area contributed by atoms with Crippen molar-refractivity contribution >= 4 is 32.5 Å². The van der Waals surface area contributed by atoms with Gasteiger partial charge in [-0.25, -0.2) is 0 Å². The van der Waals surface area contributed by atoms with E-state index in [0.29, 0.717) is 26.1 Å². The molecule has 8 atom stereocenters. The monoisotopic (exact) mass is 959 g/mol. The maximum Gasteiger partial charge on any atom is 0.191 e. The average Bonchev–Trinajstić information content (AvgIpc) is 3.86. The number of aliphatic hydroxyl groups excluding tert-OH is 1. The van der Waals surface area contributed by atoms with Crippen molar-refractivity contribution in [3.05, 3.63) is 36.5 Å². The van der Waals surface area contributed by atoms with E-state index in [4.69, 9.17) is 42.3 Å². The van der Waals surface area contributed by atoms with Crippen molar-refractivity contribution in [2.45, 2.75) is 230 Å². The summed E-state index contributed by atoms with van der Waals surface area (Å²) in [6.07, 6.45) is 18.6. The summed E-state index contributed by atoms with van der Waals surface area (Å²) in [5, 5.41) is 11.4. The number of ether oxygens (including phenoxy) is 8. The molecule has 2 fully saturated rings. The molecule has 0 amide bonds. The Hall–Kier alpha value is -0.312. The first kappa shape index (κ1) is 58.8. The molecule has 0 unspecified atom stereocenters. The minimum Gasteiger partial charge on any atom is -0.417 e. The Morgan fingerprint density at radius 3 is 1.46 bits per heavy atom. The highest BCUT2D eigenvalue weighted by Gasteiger charge is 2.41. The first-order valence-corrected chi connectivity index (χ1v) is 38.6. The lowest BCUT2D eigenvalue weighted by Gasteiger charge is -2.36. The van der Waals surface area contributed by atoms with E-state index in [1.165, 1.54) is 0 Å². The van der Waals surface area contributed by atoms with Gasteiger partial charge in [-0.15, -0.1) is 0 Å². The van der Waals surface area contributed by atoms with Gasteiger partial charge in [0, 0.05) is 50.6 Å². The van der Waals surface area contributed by atoms with Crippen molar-refractivity contribution in [1.29, 1.82) is 0 Å². The highest BCUT2D eigenvalue weighted by molar-refractivity contribution is 6.77. The number of unbranched alkanes of at least 4 members (excludes halogenated alkanes) is 1. The van der Waals surface area contributed by atoms with Gasteiger partial charge in [-0.05, 0) is 94.1 Å². The Bertz CT molecular complexity index is 1290. The molecule has 0 aromatic carbocycles.